The summed E-state index contributed by atoms with van der Waals surface area (Å²) >= 11 is 0. The molecule has 0 aromatic heterocycles. The molecule has 1 N–H and O–H groups in total. The summed E-state index contributed by atoms with van der Waals surface area (Å²) in [6.45, 7) is 2.08. The van der Waals surface area contributed by atoms with Gasteiger partial charge in [-0.1, -0.05) is 30.3 Å². The van der Waals surface area contributed by atoms with Gasteiger partial charge in [0.2, 0.25) is 10.0 Å². The first-order chi connectivity index (χ1) is 10.1. The summed E-state index contributed by atoms with van der Waals surface area (Å²) < 4.78 is 27.1. The number of rotatable bonds is 4. The summed E-state index contributed by atoms with van der Waals surface area (Å²) in [5.41, 5.74) is 0. The third-order valence-corrected chi connectivity index (χ3v) is 5.96. The van der Waals surface area contributed by atoms with E-state index in [1.807, 2.05) is 37.4 Å². The van der Waals surface area contributed by atoms with Crippen molar-refractivity contribution in [2.24, 2.45) is 5.92 Å². The first-order valence-corrected chi connectivity index (χ1v) is 8.69. The van der Waals surface area contributed by atoms with E-state index in [2.05, 4.69) is 5.32 Å². The van der Waals surface area contributed by atoms with E-state index in [4.69, 9.17) is 0 Å². The average Bonchev–Trinajstić information content (AvgIpc) is 2.96. The second-order valence-corrected chi connectivity index (χ2v) is 7.52. The van der Waals surface area contributed by atoms with Crippen LogP contribution in [-0.2, 0) is 10.0 Å². The van der Waals surface area contributed by atoms with Crippen LogP contribution in [0, 0.1) is 5.92 Å². The smallest absolute Gasteiger partial charge is 0.243 e. The standard InChI is InChI=1S/C16H20N2O2S.ClH/c1-17-11-13-8-9-18(12-13)21(19,20)16-7-6-14-4-2-3-5-15(14)10-16;/h2-7,10,13,17H,8-9,11-12H2,1H3;1H. The summed E-state index contributed by atoms with van der Waals surface area (Å²) in [4.78, 5) is 0.395. The quantitative estimate of drug-likeness (QED) is 0.930. The van der Waals surface area contributed by atoms with Crippen LogP contribution < -0.4 is 5.32 Å². The lowest BCUT2D eigenvalue weighted by molar-refractivity contribution is 0.451. The Balaban J connectivity index is 0.00000176. The molecule has 0 aliphatic carbocycles. The molecular formula is C16H21ClN2O2S. The van der Waals surface area contributed by atoms with Gasteiger partial charge in [0.05, 0.1) is 4.90 Å². The van der Waals surface area contributed by atoms with Crippen molar-refractivity contribution in [2.75, 3.05) is 26.7 Å². The normalized spacial score (nSPS) is 19.2. The second kappa shape index (κ2) is 6.96. The highest BCUT2D eigenvalue weighted by Gasteiger charge is 2.32. The molecule has 0 saturated carbocycles. The fraction of sp³-hybridized carbons (Fsp3) is 0.375. The van der Waals surface area contributed by atoms with Crippen LogP contribution in [0.4, 0.5) is 0 Å². The number of nitrogens with zero attached hydrogens (tertiary/aromatic N) is 1. The molecule has 4 nitrogen and oxygen atoms in total. The Hall–Kier alpha value is -1.14. The second-order valence-electron chi connectivity index (χ2n) is 5.58. The molecule has 6 heteroatoms. The van der Waals surface area contributed by atoms with Crippen molar-refractivity contribution in [1.29, 1.82) is 0 Å². The average molecular weight is 341 g/mol. The molecule has 1 fully saturated rings. The van der Waals surface area contributed by atoms with Gasteiger partial charge in [0.1, 0.15) is 0 Å². The van der Waals surface area contributed by atoms with Crippen LogP contribution in [0.15, 0.2) is 47.4 Å². The first kappa shape index (κ1) is 17.2. The van der Waals surface area contributed by atoms with E-state index in [0.29, 0.717) is 23.9 Å². The van der Waals surface area contributed by atoms with E-state index >= 15 is 0 Å². The highest BCUT2D eigenvalue weighted by Crippen LogP contribution is 2.26. The number of hydrogen-bond acceptors (Lipinski definition) is 3. The molecule has 0 spiro atoms. The molecule has 0 amide bonds. The molecule has 2 aromatic rings. The van der Waals surface area contributed by atoms with Crippen molar-refractivity contribution < 1.29 is 8.42 Å². The molecule has 0 radical (unpaired) electrons. The maximum absolute atomic E-state index is 12.7. The van der Waals surface area contributed by atoms with Gasteiger partial charge in [-0.3, -0.25) is 0 Å². The van der Waals surface area contributed by atoms with E-state index in [1.165, 1.54) is 0 Å². The topological polar surface area (TPSA) is 49.4 Å². The monoisotopic (exact) mass is 340 g/mol. The minimum Gasteiger partial charge on any atom is -0.319 e. The highest BCUT2D eigenvalue weighted by atomic mass is 35.5. The van der Waals surface area contributed by atoms with Crippen LogP contribution >= 0.6 is 12.4 Å². The Labute approximate surface area is 138 Å². The van der Waals surface area contributed by atoms with Crippen molar-refractivity contribution in [3.63, 3.8) is 0 Å². The van der Waals surface area contributed by atoms with Gasteiger partial charge in [-0.2, -0.15) is 4.31 Å². The Bertz CT molecular complexity index is 749. The maximum atomic E-state index is 12.7. The predicted octanol–water partition coefficient (Wildman–Crippen LogP) is 2.49. The fourth-order valence-corrected chi connectivity index (χ4v) is 4.51. The van der Waals surface area contributed by atoms with Crippen LogP contribution in [0.25, 0.3) is 10.8 Å². The van der Waals surface area contributed by atoms with Crippen LogP contribution in [0.2, 0.25) is 0 Å². The minimum atomic E-state index is -3.38. The molecule has 1 aliphatic rings. The van der Waals surface area contributed by atoms with Crippen LogP contribution in [0.3, 0.4) is 0 Å². The molecule has 1 unspecified atom stereocenters. The first-order valence-electron chi connectivity index (χ1n) is 7.25. The number of benzene rings is 2. The highest BCUT2D eigenvalue weighted by molar-refractivity contribution is 7.89. The predicted molar refractivity (Wildman–Crippen MR) is 92.0 cm³/mol. The molecule has 3 rings (SSSR count). The minimum absolute atomic E-state index is 0. The number of hydrogen-bond donors (Lipinski definition) is 1. The van der Waals surface area contributed by atoms with E-state index in [1.54, 1.807) is 16.4 Å². The number of fused-ring (bicyclic) bond motifs is 1. The zero-order valence-electron chi connectivity index (χ0n) is 12.5. The van der Waals surface area contributed by atoms with E-state index < -0.39 is 10.0 Å². The summed E-state index contributed by atoms with van der Waals surface area (Å²) in [5.74, 6) is 0.408. The van der Waals surface area contributed by atoms with Crippen molar-refractivity contribution in [1.82, 2.24) is 9.62 Å². The van der Waals surface area contributed by atoms with Gasteiger partial charge in [-0.05, 0) is 48.8 Å². The van der Waals surface area contributed by atoms with Gasteiger partial charge < -0.3 is 5.32 Å². The molecule has 120 valence electrons. The lowest BCUT2D eigenvalue weighted by atomic mass is 10.1. The van der Waals surface area contributed by atoms with Gasteiger partial charge in [0, 0.05) is 13.1 Å². The Kier molecular flexibility index (Phi) is 5.45. The zero-order valence-corrected chi connectivity index (χ0v) is 14.2. The van der Waals surface area contributed by atoms with Crippen LogP contribution in [0.5, 0.6) is 0 Å². The van der Waals surface area contributed by atoms with Crippen LogP contribution in [-0.4, -0.2) is 39.4 Å². The molecule has 0 bridgehead atoms. The Morgan fingerprint density at radius 1 is 1.18 bits per heavy atom. The lowest BCUT2D eigenvalue weighted by Crippen LogP contribution is -2.30. The number of sulfonamides is 1. The largest absolute Gasteiger partial charge is 0.319 e. The van der Waals surface area contributed by atoms with E-state index in [9.17, 15) is 8.42 Å². The van der Waals surface area contributed by atoms with Gasteiger partial charge in [0.15, 0.2) is 0 Å². The SMILES string of the molecule is CNCC1CCN(S(=O)(=O)c2ccc3ccccc3c2)C1.Cl. The lowest BCUT2D eigenvalue weighted by Gasteiger charge is -2.17. The number of halogens is 1. The van der Waals surface area contributed by atoms with Crippen molar-refractivity contribution in [2.45, 2.75) is 11.3 Å². The van der Waals surface area contributed by atoms with Crippen molar-refractivity contribution in [3.8, 4) is 0 Å². The van der Waals surface area contributed by atoms with Gasteiger partial charge in [0.25, 0.3) is 0 Å². The van der Waals surface area contributed by atoms with Crippen LogP contribution in [0.1, 0.15) is 6.42 Å². The summed E-state index contributed by atoms with van der Waals surface area (Å²) in [6, 6.07) is 13.2. The van der Waals surface area contributed by atoms with Gasteiger partial charge in [-0.25, -0.2) is 8.42 Å². The zero-order chi connectivity index (χ0) is 14.9. The fourth-order valence-electron chi connectivity index (χ4n) is 2.95. The molecule has 2 aromatic carbocycles. The molecule has 1 atom stereocenters. The summed E-state index contributed by atoms with van der Waals surface area (Å²) in [7, 11) is -1.47. The maximum Gasteiger partial charge on any atom is 0.243 e. The molecule has 1 aliphatic heterocycles. The Morgan fingerprint density at radius 3 is 2.64 bits per heavy atom. The molecule has 1 heterocycles. The number of nitrogens with one attached hydrogen (secondary N) is 1. The van der Waals surface area contributed by atoms with Gasteiger partial charge >= 0.3 is 0 Å². The van der Waals surface area contributed by atoms with E-state index in [0.717, 1.165) is 23.7 Å². The molecule has 1 saturated heterocycles. The Morgan fingerprint density at radius 2 is 1.91 bits per heavy atom. The third kappa shape index (κ3) is 3.27. The molecular weight excluding hydrogens is 320 g/mol. The third-order valence-electron chi connectivity index (χ3n) is 4.10. The molecule has 22 heavy (non-hydrogen) atoms. The summed E-state index contributed by atoms with van der Waals surface area (Å²) in [6.07, 6.45) is 0.924. The van der Waals surface area contributed by atoms with E-state index in [-0.39, 0.29) is 12.4 Å². The van der Waals surface area contributed by atoms with Crippen molar-refractivity contribution >= 4 is 33.2 Å². The van der Waals surface area contributed by atoms with Crippen molar-refractivity contribution in [3.05, 3.63) is 42.5 Å². The van der Waals surface area contributed by atoms with Gasteiger partial charge in [-0.15, -0.1) is 12.4 Å². The summed E-state index contributed by atoms with van der Waals surface area (Å²) in [5, 5.41) is 5.15.